The van der Waals surface area contributed by atoms with E-state index in [1.807, 2.05) is 0 Å². The highest BCUT2D eigenvalue weighted by Gasteiger charge is 2.08. The molecule has 0 heterocycles. The largest absolute Gasteiger partial charge is 0.508 e. The fourth-order valence-electron chi connectivity index (χ4n) is 1.39. The van der Waals surface area contributed by atoms with Crippen LogP contribution in [0.5, 0.6) is 11.5 Å². The normalized spacial score (nSPS) is 9.41. The maximum atomic E-state index is 11.9. The van der Waals surface area contributed by atoms with E-state index >= 15 is 0 Å². The van der Waals surface area contributed by atoms with Crippen LogP contribution in [0.2, 0.25) is 0 Å². The zero-order valence-corrected chi connectivity index (χ0v) is 8.42. The van der Waals surface area contributed by atoms with Gasteiger partial charge in [0.05, 0.1) is 0 Å². The molecule has 2 aromatic rings. The Kier molecular flexibility index (Phi) is 3.88. The molecule has 0 amide bonds. The standard InChI is InChI=1S/C13H10O3.CH4/c14-11-5-1-9(2-6-11)13(16)10-3-7-12(15)8-4-10;/h1-8,14-15H;1H4. The van der Waals surface area contributed by atoms with Crippen molar-refractivity contribution in [3.63, 3.8) is 0 Å². The van der Waals surface area contributed by atoms with Gasteiger partial charge in [0.25, 0.3) is 0 Å². The third-order valence-corrected chi connectivity index (χ3v) is 2.26. The van der Waals surface area contributed by atoms with Crippen molar-refractivity contribution in [1.29, 1.82) is 0 Å². The number of ketones is 1. The van der Waals surface area contributed by atoms with Gasteiger partial charge < -0.3 is 10.2 Å². The third kappa shape index (κ3) is 2.84. The average molecular weight is 230 g/mol. The first-order valence-electron chi connectivity index (χ1n) is 4.79. The predicted octanol–water partition coefficient (Wildman–Crippen LogP) is 2.96. The number of rotatable bonds is 2. The maximum absolute atomic E-state index is 11.9. The van der Waals surface area contributed by atoms with E-state index in [1.165, 1.54) is 24.3 Å². The van der Waals surface area contributed by atoms with Gasteiger partial charge in [0.1, 0.15) is 11.5 Å². The van der Waals surface area contributed by atoms with Gasteiger partial charge in [0, 0.05) is 11.1 Å². The Morgan fingerprint density at radius 2 is 1.00 bits per heavy atom. The minimum Gasteiger partial charge on any atom is -0.508 e. The van der Waals surface area contributed by atoms with Gasteiger partial charge >= 0.3 is 0 Å². The van der Waals surface area contributed by atoms with Gasteiger partial charge in [0.2, 0.25) is 0 Å². The summed E-state index contributed by atoms with van der Waals surface area (Å²) in [5.41, 5.74) is 1.01. The van der Waals surface area contributed by atoms with E-state index in [-0.39, 0.29) is 24.7 Å². The molecule has 0 bridgehead atoms. The highest BCUT2D eigenvalue weighted by Crippen LogP contribution is 2.16. The zero-order chi connectivity index (χ0) is 11.5. The summed E-state index contributed by atoms with van der Waals surface area (Å²) in [5, 5.41) is 18.2. The third-order valence-electron chi connectivity index (χ3n) is 2.26. The smallest absolute Gasteiger partial charge is 0.193 e. The van der Waals surface area contributed by atoms with Crippen molar-refractivity contribution in [1.82, 2.24) is 0 Å². The molecule has 0 spiro atoms. The number of phenols is 2. The van der Waals surface area contributed by atoms with E-state index < -0.39 is 0 Å². The van der Waals surface area contributed by atoms with E-state index in [2.05, 4.69) is 0 Å². The predicted molar refractivity (Wildman–Crippen MR) is 66.4 cm³/mol. The first kappa shape index (κ1) is 12.8. The van der Waals surface area contributed by atoms with Gasteiger partial charge in [0.15, 0.2) is 5.78 Å². The Hall–Kier alpha value is -2.29. The van der Waals surface area contributed by atoms with Crippen LogP contribution in [0.4, 0.5) is 0 Å². The summed E-state index contributed by atoms with van der Waals surface area (Å²) in [6.07, 6.45) is 0. The quantitative estimate of drug-likeness (QED) is 0.780. The van der Waals surface area contributed by atoms with Crippen LogP contribution in [-0.4, -0.2) is 16.0 Å². The monoisotopic (exact) mass is 230 g/mol. The number of aromatic hydroxyl groups is 2. The zero-order valence-electron chi connectivity index (χ0n) is 8.42. The summed E-state index contributed by atoms with van der Waals surface area (Å²) in [5.74, 6) is 0.115. The van der Waals surface area contributed by atoms with Crippen molar-refractivity contribution in [2.45, 2.75) is 7.43 Å². The Balaban J connectivity index is 0.00000144. The van der Waals surface area contributed by atoms with Crippen molar-refractivity contribution >= 4 is 5.78 Å². The Morgan fingerprint density at radius 3 is 1.29 bits per heavy atom. The molecule has 0 atom stereocenters. The minimum atomic E-state index is -0.139. The van der Waals surface area contributed by atoms with Crippen LogP contribution in [0.25, 0.3) is 0 Å². The summed E-state index contributed by atoms with van der Waals surface area (Å²) < 4.78 is 0. The van der Waals surface area contributed by atoms with Gasteiger partial charge in [-0.3, -0.25) is 4.79 Å². The Morgan fingerprint density at radius 1 is 0.706 bits per heavy atom. The molecule has 0 aliphatic rings. The van der Waals surface area contributed by atoms with Crippen LogP contribution in [0.1, 0.15) is 23.3 Å². The van der Waals surface area contributed by atoms with Crippen LogP contribution in [-0.2, 0) is 0 Å². The van der Waals surface area contributed by atoms with Crippen molar-refractivity contribution in [3.05, 3.63) is 59.7 Å². The molecule has 0 unspecified atom stereocenters. The lowest BCUT2D eigenvalue weighted by Gasteiger charge is -2.01. The Bertz CT molecular complexity index is 450. The molecular formula is C14H14O3. The second kappa shape index (κ2) is 5.16. The molecule has 17 heavy (non-hydrogen) atoms. The lowest BCUT2D eigenvalue weighted by molar-refractivity contribution is 0.103. The summed E-state index contributed by atoms with van der Waals surface area (Å²) in [4.78, 5) is 11.9. The number of phenolic OH excluding ortho intramolecular Hbond substituents is 2. The molecule has 2 rings (SSSR count). The van der Waals surface area contributed by atoms with Crippen LogP contribution >= 0.6 is 0 Å². The minimum absolute atomic E-state index is 0. The first-order chi connectivity index (χ1) is 7.66. The topological polar surface area (TPSA) is 57.5 Å². The molecule has 0 aromatic heterocycles. The van der Waals surface area contributed by atoms with Gasteiger partial charge in [-0.2, -0.15) is 0 Å². The molecule has 0 saturated heterocycles. The molecule has 0 aliphatic heterocycles. The molecule has 0 fully saturated rings. The highest BCUT2D eigenvalue weighted by atomic mass is 16.3. The van der Waals surface area contributed by atoms with Crippen molar-refractivity contribution in [3.8, 4) is 11.5 Å². The Labute approximate surface area is 100.0 Å². The summed E-state index contributed by atoms with van der Waals surface area (Å²) in [7, 11) is 0. The van der Waals surface area contributed by atoms with E-state index in [0.29, 0.717) is 11.1 Å². The summed E-state index contributed by atoms with van der Waals surface area (Å²) >= 11 is 0. The second-order valence-corrected chi connectivity index (χ2v) is 3.42. The van der Waals surface area contributed by atoms with E-state index in [0.717, 1.165) is 0 Å². The van der Waals surface area contributed by atoms with E-state index in [4.69, 9.17) is 10.2 Å². The molecule has 0 radical (unpaired) electrons. The second-order valence-electron chi connectivity index (χ2n) is 3.42. The number of carbonyl (C=O) groups is 1. The maximum Gasteiger partial charge on any atom is 0.193 e. The van der Waals surface area contributed by atoms with Gasteiger partial charge in [-0.15, -0.1) is 0 Å². The number of hydrogen-bond acceptors (Lipinski definition) is 3. The molecule has 0 saturated carbocycles. The molecule has 2 aromatic carbocycles. The SMILES string of the molecule is C.O=C(c1ccc(O)cc1)c1ccc(O)cc1. The van der Waals surface area contributed by atoms with Crippen LogP contribution in [0, 0.1) is 0 Å². The van der Waals surface area contributed by atoms with Crippen LogP contribution < -0.4 is 0 Å². The van der Waals surface area contributed by atoms with Crippen LogP contribution in [0.3, 0.4) is 0 Å². The average Bonchev–Trinajstić information content (AvgIpc) is 2.30. The van der Waals surface area contributed by atoms with E-state index in [1.54, 1.807) is 24.3 Å². The molecule has 3 nitrogen and oxygen atoms in total. The van der Waals surface area contributed by atoms with E-state index in [9.17, 15) is 4.79 Å². The van der Waals surface area contributed by atoms with Crippen molar-refractivity contribution in [2.24, 2.45) is 0 Å². The van der Waals surface area contributed by atoms with Gasteiger partial charge in [-0.1, -0.05) is 7.43 Å². The molecule has 0 aliphatic carbocycles. The lowest BCUT2D eigenvalue weighted by atomic mass is 10.0. The summed E-state index contributed by atoms with van der Waals surface area (Å²) in [6, 6.07) is 12.1. The van der Waals surface area contributed by atoms with Crippen molar-refractivity contribution in [2.75, 3.05) is 0 Å². The number of benzene rings is 2. The molecule has 88 valence electrons. The lowest BCUT2D eigenvalue weighted by Crippen LogP contribution is -2.00. The van der Waals surface area contributed by atoms with Gasteiger partial charge in [-0.25, -0.2) is 0 Å². The van der Waals surface area contributed by atoms with Crippen LogP contribution in [0.15, 0.2) is 48.5 Å². The first-order valence-corrected chi connectivity index (χ1v) is 4.79. The highest BCUT2D eigenvalue weighted by molar-refractivity contribution is 6.09. The van der Waals surface area contributed by atoms with Gasteiger partial charge in [-0.05, 0) is 48.5 Å². The molecule has 3 heteroatoms. The number of hydrogen-bond donors (Lipinski definition) is 2. The number of carbonyl (C=O) groups excluding carboxylic acids is 1. The fourth-order valence-corrected chi connectivity index (χ4v) is 1.39. The van der Waals surface area contributed by atoms with Crippen molar-refractivity contribution < 1.29 is 15.0 Å². The fraction of sp³-hybridized carbons (Fsp3) is 0.0714. The molecule has 2 N–H and O–H groups in total. The molecular weight excluding hydrogens is 216 g/mol. The summed E-state index contributed by atoms with van der Waals surface area (Å²) in [6.45, 7) is 0.